The third-order valence-corrected chi connectivity index (χ3v) is 6.08. The zero-order chi connectivity index (χ0) is 23.5. The standard InChI is InChI=1S/C22H14Cl2N2O6S/c23-14-2-4-15(5-3-14)31-10-9-25-21(27)20(33-22(25)28)12-16-6-8-19(32-16)13-1-7-17(24)18(11-13)26(29)30/h1-8,11-12H,9-10H2/b20-12-. The Morgan fingerprint density at radius 1 is 1.09 bits per heavy atom. The van der Waals surface area contributed by atoms with Gasteiger partial charge in [0.15, 0.2) is 0 Å². The Labute approximate surface area is 201 Å². The van der Waals surface area contributed by atoms with Gasteiger partial charge in [-0.25, -0.2) is 0 Å². The number of hydrogen-bond donors (Lipinski definition) is 0. The first kappa shape index (κ1) is 22.9. The van der Waals surface area contributed by atoms with Gasteiger partial charge in [-0.1, -0.05) is 23.2 Å². The van der Waals surface area contributed by atoms with Crippen molar-refractivity contribution in [3.05, 3.63) is 85.4 Å². The molecule has 0 N–H and O–H groups in total. The molecule has 4 rings (SSSR count). The Kier molecular flexibility index (Phi) is 6.73. The molecule has 1 aliphatic rings. The summed E-state index contributed by atoms with van der Waals surface area (Å²) in [6.45, 7) is 0.218. The molecule has 1 aliphatic heterocycles. The lowest BCUT2D eigenvalue weighted by molar-refractivity contribution is -0.384. The first-order valence-corrected chi connectivity index (χ1v) is 11.1. The molecular formula is C22H14Cl2N2O6S. The van der Waals surface area contributed by atoms with E-state index in [1.807, 2.05) is 0 Å². The number of nitro benzene ring substituents is 1. The van der Waals surface area contributed by atoms with E-state index >= 15 is 0 Å². The number of nitro groups is 1. The van der Waals surface area contributed by atoms with Gasteiger partial charge in [-0.2, -0.15) is 0 Å². The number of carbonyl (C=O) groups excluding carboxylic acids is 2. The minimum atomic E-state index is -0.581. The maximum atomic E-state index is 12.7. The topological polar surface area (TPSA) is 103 Å². The number of carbonyl (C=O) groups is 2. The summed E-state index contributed by atoms with van der Waals surface area (Å²) in [7, 11) is 0. The number of benzene rings is 2. The number of halogens is 2. The molecule has 1 saturated heterocycles. The molecule has 1 aromatic heterocycles. The zero-order valence-corrected chi connectivity index (χ0v) is 19.0. The van der Waals surface area contributed by atoms with Crippen molar-refractivity contribution in [2.75, 3.05) is 13.2 Å². The summed E-state index contributed by atoms with van der Waals surface area (Å²) in [4.78, 5) is 36.7. The second kappa shape index (κ2) is 9.70. The average Bonchev–Trinajstić information content (AvgIpc) is 3.35. The smallest absolute Gasteiger partial charge is 0.293 e. The van der Waals surface area contributed by atoms with E-state index in [-0.39, 0.29) is 28.8 Å². The minimum Gasteiger partial charge on any atom is -0.492 e. The Morgan fingerprint density at radius 3 is 2.58 bits per heavy atom. The van der Waals surface area contributed by atoms with Crippen LogP contribution >= 0.6 is 35.0 Å². The predicted octanol–water partition coefficient (Wildman–Crippen LogP) is 6.28. The highest BCUT2D eigenvalue weighted by atomic mass is 35.5. The summed E-state index contributed by atoms with van der Waals surface area (Å²) in [5.41, 5.74) is 0.215. The fourth-order valence-electron chi connectivity index (χ4n) is 3.00. The summed E-state index contributed by atoms with van der Waals surface area (Å²) in [6, 6.07) is 14.3. The molecule has 0 saturated carbocycles. The molecule has 0 unspecified atom stereocenters. The molecule has 33 heavy (non-hydrogen) atoms. The Balaban J connectivity index is 1.43. The molecule has 2 amide bonds. The van der Waals surface area contributed by atoms with E-state index in [1.54, 1.807) is 42.5 Å². The first-order chi connectivity index (χ1) is 15.8. The highest BCUT2D eigenvalue weighted by Crippen LogP contribution is 2.34. The lowest BCUT2D eigenvalue weighted by atomic mass is 10.1. The van der Waals surface area contributed by atoms with E-state index in [1.165, 1.54) is 18.2 Å². The quantitative estimate of drug-likeness (QED) is 0.212. The zero-order valence-electron chi connectivity index (χ0n) is 16.7. The van der Waals surface area contributed by atoms with Crippen LogP contribution < -0.4 is 4.74 Å². The Morgan fingerprint density at radius 2 is 1.85 bits per heavy atom. The van der Waals surface area contributed by atoms with Crippen LogP contribution in [0.4, 0.5) is 10.5 Å². The second-order valence-corrected chi connectivity index (χ2v) is 8.60. The largest absolute Gasteiger partial charge is 0.492 e. The highest BCUT2D eigenvalue weighted by Gasteiger charge is 2.35. The highest BCUT2D eigenvalue weighted by molar-refractivity contribution is 8.18. The normalized spacial score (nSPS) is 14.8. The Hall–Kier alpha value is -3.27. The third kappa shape index (κ3) is 5.22. The third-order valence-electron chi connectivity index (χ3n) is 4.60. The van der Waals surface area contributed by atoms with Crippen LogP contribution in [0.5, 0.6) is 5.75 Å². The van der Waals surface area contributed by atoms with Crippen LogP contribution in [-0.2, 0) is 4.79 Å². The van der Waals surface area contributed by atoms with Crippen LogP contribution in [-0.4, -0.2) is 34.1 Å². The van der Waals surface area contributed by atoms with Gasteiger partial charge >= 0.3 is 0 Å². The monoisotopic (exact) mass is 504 g/mol. The minimum absolute atomic E-state index is 0.0178. The van der Waals surface area contributed by atoms with E-state index in [0.717, 1.165) is 16.7 Å². The van der Waals surface area contributed by atoms with Crippen molar-refractivity contribution in [3.8, 4) is 17.1 Å². The average molecular weight is 505 g/mol. The van der Waals surface area contributed by atoms with Gasteiger partial charge in [0.05, 0.1) is 16.4 Å². The molecule has 11 heteroatoms. The van der Waals surface area contributed by atoms with Crippen molar-refractivity contribution in [2.24, 2.45) is 0 Å². The number of nitrogens with zero attached hydrogens (tertiary/aromatic N) is 2. The van der Waals surface area contributed by atoms with Gasteiger partial charge in [-0.15, -0.1) is 0 Å². The number of furan rings is 1. The maximum absolute atomic E-state index is 12.7. The molecule has 0 radical (unpaired) electrons. The van der Waals surface area contributed by atoms with Gasteiger partial charge in [0.1, 0.15) is 28.9 Å². The van der Waals surface area contributed by atoms with E-state index in [4.69, 9.17) is 32.4 Å². The van der Waals surface area contributed by atoms with Crippen LogP contribution in [0.1, 0.15) is 5.76 Å². The summed E-state index contributed by atoms with van der Waals surface area (Å²) < 4.78 is 11.3. The summed E-state index contributed by atoms with van der Waals surface area (Å²) in [5.74, 6) is 0.805. The molecule has 0 bridgehead atoms. The molecule has 1 fully saturated rings. The molecule has 2 aromatic carbocycles. The summed E-state index contributed by atoms with van der Waals surface area (Å²) in [6.07, 6.45) is 1.46. The number of ether oxygens (including phenoxy) is 1. The molecule has 0 atom stereocenters. The van der Waals surface area contributed by atoms with Crippen LogP contribution in [0.15, 0.2) is 63.9 Å². The lowest BCUT2D eigenvalue weighted by Gasteiger charge is -2.13. The molecule has 168 valence electrons. The number of hydrogen-bond acceptors (Lipinski definition) is 7. The van der Waals surface area contributed by atoms with Crippen molar-refractivity contribution in [2.45, 2.75) is 0 Å². The first-order valence-electron chi connectivity index (χ1n) is 9.50. The summed E-state index contributed by atoms with van der Waals surface area (Å²) >= 11 is 12.5. The van der Waals surface area contributed by atoms with Crippen LogP contribution in [0.25, 0.3) is 17.4 Å². The van der Waals surface area contributed by atoms with Gasteiger partial charge in [0, 0.05) is 22.7 Å². The molecule has 3 aromatic rings. The van der Waals surface area contributed by atoms with E-state index in [9.17, 15) is 19.7 Å². The fourth-order valence-corrected chi connectivity index (χ4v) is 4.16. The fraction of sp³-hybridized carbons (Fsp3) is 0.0909. The number of amides is 2. The molecule has 8 nitrogen and oxygen atoms in total. The lowest BCUT2D eigenvalue weighted by Crippen LogP contribution is -2.32. The number of imide groups is 1. The molecule has 2 heterocycles. The van der Waals surface area contributed by atoms with Gasteiger partial charge in [-0.3, -0.25) is 24.6 Å². The van der Waals surface area contributed by atoms with Crippen molar-refractivity contribution < 1.29 is 23.7 Å². The Bertz CT molecular complexity index is 1270. The van der Waals surface area contributed by atoms with Crippen LogP contribution in [0.3, 0.4) is 0 Å². The van der Waals surface area contributed by atoms with E-state index in [2.05, 4.69) is 0 Å². The SMILES string of the molecule is O=C1S/C(=C\c2ccc(-c3ccc(Cl)c([N+](=O)[O-])c3)o2)C(=O)N1CCOc1ccc(Cl)cc1. The predicted molar refractivity (Wildman–Crippen MR) is 125 cm³/mol. The van der Waals surface area contributed by atoms with E-state index in [0.29, 0.717) is 27.9 Å². The van der Waals surface area contributed by atoms with Crippen LogP contribution in [0.2, 0.25) is 10.0 Å². The van der Waals surface area contributed by atoms with Gasteiger partial charge in [0.25, 0.3) is 16.8 Å². The molecular weight excluding hydrogens is 491 g/mol. The number of thioether (sulfide) groups is 1. The summed E-state index contributed by atoms with van der Waals surface area (Å²) in [5, 5.41) is 11.3. The van der Waals surface area contributed by atoms with Crippen molar-refractivity contribution >= 4 is 57.9 Å². The maximum Gasteiger partial charge on any atom is 0.293 e. The van der Waals surface area contributed by atoms with Gasteiger partial charge in [0.2, 0.25) is 0 Å². The van der Waals surface area contributed by atoms with Gasteiger partial charge in [-0.05, 0) is 60.3 Å². The van der Waals surface area contributed by atoms with Crippen molar-refractivity contribution in [1.29, 1.82) is 0 Å². The molecule has 0 aliphatic carbocycles. The van der Waals surface area contributed by atoms with Crippen LogP contribution in [0, 0.1) is 10.1 Å². The second-order valence-electron chi connectivity index (χ2n) is 6.76. The van der Waals surface area contributed by atoms with Gasteiger partial charge < -0.3 is 9.15 Å². The van der Waals surface area contributed by atoms with E-state index < -0.39 is 16.1 Å². The van der Waals surface area contributed by atoms with Crippen molar-refractivity contribution in [3.63, 3.8) is 0 Å². The van der Waals surface area contributed by atoms with Crippen molar-refractivity contribution in [1.82, 2.24) is 4.90 Å². The molecule has 0 spiro atoms. The number of rotatable bonds is 7.